The number of furan rings is 1. The van der Waals surface area contributed by atoms with Crippen molar-refractivity contribution in [2.24, 2.45) is 0 Å². The topological polar surface area (TPSA) is 71.3 Å². The van der Waals surface area contributed by atoms with E-state index in [9.17, 15) is 9.59 Å². The van der Waals surface area contributed by atoms with Crippen molar-refractivity contribution in [1.29, 1.82) is 0 Å². The van der Waals surface area contributed by atoms with Crippen LogP contribution < -0.4 is 10.9 Å². The molecule has 2 rings (SSSR count). The van der Waals surface area contributed by atoms with Gasteiger partial charge in [0.1, 0.15) is 5.76 Å². The number of hydrogen-bond acceptors (Lipinski definition) is 3. The first-order chi connectivity index (χ1) is 10.7. The summed E-state index contributed by atoms with van der Waals surface area (Å²) in [6.45, 7) is 7.97. The Morgan fingerprint density at radius 3 is 2.26 bits per heavy atom. The second-order valence-electron chi connectivity index (χ2n) is 6.24. The van der Waals surface area contributed by atoms with E-state index >= 15 is 0 Å². The summed E-state index contributed by atoms with van der Waals surface area (Å²) in [4.78, 5) is 24.1. The molecule has 0 aliphatic carbocycles. The van der Waals surface area contributed by atoms with Crippen LogP contribution in [0.15, 0.2) is 39.4 Å². The van der Waals surface area contributed by atoms with Crippen molar-refractivity contribution in [1.82, 2.24) is 10.9 Å². The van der Waals surface area contributed by atoms with Gasteiger partial charge in [0.2, 0.25) is 0 Å². The number of carbonyl (C=O) groups is 2. The van der Waals surface area contributed by atoms with Crippen LogP contribution in [0, 0.1) is 6.92 Å². The highest BCUT2D eigenvalue weighted by atomic mass is 79.9. The van der Waals surface area contributed by atoms with E-state index in [4.69, 9.17) is 4.42 Å². The van der Waals surface area contributed by atoms with Crippen LogP contribution in [0.25, 0.3) is 0 Å². The van der Waals surface area contributed by atoms with E-state index in [1.54, 1.807) is 25.1 Å². The maximum absolute atomic E-state index is 12.1. The molecule has 2 aromatic rings. The third kappa shape index (κ3) is 4.01. The van der Waals surface area contributed by atoms with Gasteiger partial charge in [-0.05, 0) is 36.1 Å². The number of rotatable bonds is 2. The molecule has 0 unspecified atom stereocenters. The molecule has 2 N–H and O–H groups in total. The molecule has 0 saturated carbocycles. The van der Waals surface area contributed by atoms with Crippen molar-refractivity contribution in [3.8, 4) is 0 Å². The van der Waals surface area contributed by atoms with Crippen molar-refractivity contribution in [3.63, 3.8) is 0 Å². The molecule has 2 amide bonds. The van der Waals surface area contributed by atoms with Gasteiger partial charge < -0.3 is 4.42 Å². The zero-order chi connectivity index (χ0) is 17.2. The van der Waals surface area contributed by atoms with Crippen molar-refractivity contribution < 1.29 is 14.0 Å². The molecule has 0 fully saturated rings. The molecule has 0 saturated heterocycles. The van der Waals surface area contributed by atoms with Gasteiger partial charge in [-0.1, -0.05) is 42.8 Å². The average Bonchev–Trinajstić information content (AvgIpc) is 2.89. The molecule has 5 nitrogen and oxygen atoms in total. The van der Waals surface area contributed by atoms with Gasteiger partial charge in [0, 0.05) is 10.0 Å². The molecule has 0 bridgehead atoms. The summed E-state index contributed by atoms with van der Waals surface area (Å²) >= 11 is 3.49. The van der Waals surface area contributed by atoms with Crippen molar-refractivity contribution >= 4 is 27.7 Å². The normalized spacial score (nSPS) is 11.2. The Labute approximate surface area is 143 Å². The van der Waals surface area contributed by atoms with Crippen molar-refractivity contribution in [3.05, 3.63) is 57.5 Å². The van der Waals surface area contributed by atoms with Crippen LogP contribution in [0.4, 0.5) is 0 Å². The van der Waals surface area contributed by atoms with E-state index in [0.717, 1.165) is 10.0 Å². The molecule has 0 radical (unpaired) electrons. The average molecular weight is 379 g/mol. The number of halogens is 1. The molecule has 1 aromatic carbocycles. The molecular weight excluding hydrogens is 360 g/mol. The predicted octanol–water partition coefficient (Wildman–Crippen LogP) is 3.72. The lowest BCUT2D eigenvalue weighted by molar-refractivity contribution is 0.0845. The molecule has 122 valence electrons. The van der Waals surface area contributed by atoms with Gasteiger partial charge in [-0.15, -0.1) is 0 Å². The van der Waals surface area contributed by atoms with Crippen LogP contribution in [-0.2, 0) is 5.41 Å². The number of hydrogen-bond donors (Lipinski definition) is 2. The SMILES string of the molecule is Cc1occc1C(=O)NNC(=O)c1ccc(C(C)(C)C)c(Br)c1. The van der Waals surface area contributed by atoms with Gasteiger partial charge in [0.25, 0.3) is 11.8 Å². The molecule has 0 aliphatic rings. The number of benzene rings is 1. The Morgan fingerprint density at radius 1 is 1.09 bits per heavy atom. The minimum absolute atomic E-state index is 0.0269. The fraction of sp³-hybridized carbons (Fsp3) is 0.294. The molecule has 6 heteroatoms. The van der Waals surface area contributed by atoms with Crippen molar-refractivity contribution in [2.45, 2.75) is 33.1 Å². The zero-order valence-electron chi connectivity index (χ0n) is 13.5. The van der Waals surface area contributed by atoms with Crippen molar-refractivity contribution in [2.75, 3.05) is 0 Å². The molecule has 1 aromatic heterocycles. The second kappa shape index (κ2) is 6.58. The van der Waals surface area contributed by atoms with E-state index in [-0.39, 0.29) is 11.3 Å². The summed E-state index contributed by atoms with van der Waals surface area (Å²) in [6.07, 6.45) is 1.43. The number of aryl methyl sites for hydroxylation is 1. The van der Waals surface area contributed by atoms with E-state index in [1.807, 2.05) is 6.07 Å². The first kappa shape index (κ1) is 17.3. The van der Waals surface area contributed by atoms with Gasteiger partial charge in [0.15, 0.2) is 0 Å². The highest BCUT2D eigenvalue weighted by Crippen LogP contribution is 2.30. The van der Waals surface area contributed by atoms with Crippen LogP contribution in [0.1, 0.15) is 52.8 Å². The van der Waals surface area contributed by atoms with Crippen LogP contribution >= 0.6 is 15.9 Å². The van der Waals surface area contributed by atoms with E-state index in [1.165, 1.54) is 6.26 Å². The zero-order valence-corrected chi connectivity index (χ0v) is 15.1. The second-order valence-corrected chi connectivity index (χ2v) is 7.10. The molecule has 1 heterocycles. The highest BCUT2D eigenvalue weighted by Gasteiger charge is 2.19. The third-order valence-electron chi connectivity index (χ3n) is 3.43. The smallest absolute Gasteiger partial charge is 0.273 e. The Kier molecular flexibility index (Phi) is 4.94. The standard InChI is InChI=1S/C17H19BrN2O3/c1-10-12(7-8-23-10)16(22)20-19-15(21)11-5-6-13(14(18)9-11)17(2,3)4/h5-9H,1-4H3,(H,19,21)(H,20,22). The van der Waals surface area contributed by atoms with Gasteiger partial charge in [-0.2, -0.15) is 0 Å². The predicted molar refractivity (Wildman–Crippen MR) is 91.2 cm³/mol. The molecular formula is C17H19BrN2O3. The largest absolute Gasteiger partial charge is 0.469 e. The molecule has 0 atom stereocenters. The van der Waals surface area contributed by atoms with Gasteiger partial charge in [-0.3, -0.25) is 20.4 Å². The quantitative estimate of drug-likeness (QED) is 0.782. The Hall–Kier alpha value is -2.08. The fourth-order valence-electron chi connectivity index (χ4n) is 2.14. The number of hydrazine groups is 1. The van der Waals surface area contributed by atoms with Gasteiger partial charge in [-0.25, -0.2) is 0 Å². The maximum atomic E-state index is 12.1. The first-order valence-electron chi connectivity index (χ1n) is 7.15. The summed E-state index contributed by atoms with van der Waals surface area (Å²) < 4.78 is 5.91. The minimum atomic E-state index is -0.421. The lowest BCUT2D eigenvalue weighted by Gasteiger charge is -2.21. The maximum Gasteiger partial charge on any atom is 0.273 e. The number of carbonyl (C=O) groups excluding carboxylic acids is 2. The lowest BCUT2D eigenvalue weighted by Crippen LogP contribution is -2.41. The summed E-state index contributed by atoms with van der Waals surface area (Å²) in [6, 6.07) is 6.92. The van der Waals surface area contributed by atoms with E-state index in [2.05, 4.69) is 47.6 Å². The van der Waals surface area contributed by atoms with Crippen LogP contribution in [0.2, 0.25) is 0 Å². The van der Waals surface area contributed by atoms with Crippen LogP contribution in [-0.4, -0.2) is 11.8 Å². The van der Waals surface area contributed by atoms with Gasteiger partial charge >= 0.3 is 0 Å². The molecule has 23 heavy (non-hydrogen) atoms. The van der Waals surface area contributed by atoms with E-state index < -0.39 is 5.91 Å². The first-order valence-corrected chi connectivity index (χ1v) is 7.94. The molecule has 0 aliphatic heterocycles. The highest BCUT2D eigenvalue weighted by molar-refractivity contribution is 9.10. The third-order valence-corrected chi connectivity index (χ3v) is 4.09. The van der Waals surface area contributed by atoms with Crippen LogP contribution in [0.3, 0.4) is 0 Å². The monoisotopic (exact) mass is 378 g/mol. The molecule has 0 spiro atoms. The Balaban J connectivity index is 2.06. The van der Waals surface area contributed by atoms with E-state index in [0.29, 0.717) is 16.9 Å². The summed E-state index contributed by atoms with van der Waals surface area (Å²) in [5, 5.41) is 0. The summed E-state index contributed by atoms with van der Waals surface area (Å²) in [7, 11) is 0. The lowest BCUT2D eigenvalue weighted by atomic mass is 9.86. The number of amides is 2. The van der Waals surface area contributed by atoms with Gasteiger partial charge in [0.05, 0.1) is 11.8 Å². The minimum Gasteiger partial charge on any atom is -0.469 e. The summed E-state index contributed by atoms with van der Waals surface area (Å²) in [5.41, 5.74) is 6.69. The summed E-state index contributed by atoms with van der Waals surface area (Å²) in [5.74, 6) is -0.315. The fourth-order valence-corrected chi connectivity index (χ4v) is 3.11. The number of nitrogens with one attached hydrogen (secondary N) is 2. The Bertz CT molecular complexity index is 745. The van der Waals surface area contributed by atoms with Crippen LogP contribution in [0.5, 0.6) is 0 Å². The Morgan fingerprint density at radius 2 is 1.74 bits per heavy atom.